The molecule has 0 spiro atoms. The number of primary amides is 1. The van der Waals surface area contributed by atoms with Crippen molar-refractivity contribution >= 4 is 23.6 Å². The first-order chi connectivity index (χ1) is 13.5. The van der Waals surface area contributed by atoms with Gasteiger partial charge in [0.25, 0.3) is 11.5 Å². The van der Waals surface area contributed by atoms with Gasteiger partial charge >= 0.3 is 0 Å². The lowest BCUT2D eigenvalue weighted by atomic mass is 10.1. The molecule has 1 heterocycles. The Kier molecular flexibility index (Phi) is 5.91. The third kappa shape index (κ3) is 4.47. The fraction of sp³-hybridized carbons (Fsp3) is 0.0952. The number of aromatic nitrogens is 2. The van der Waals surface area contributed by atoms with Crippen LogP contribution in [0.1, 0.15) is 15.9 Å². The van der Waals surface area contributed by atoms with Crippen LogP contribution in [0.2, 0.25) is 5.02 Å². The average Bonchev–Trinajstić information content (AvgIpc) is 2.70. The molecule has 1 amide bonds. The number of carbonyl (C=O) groups is 1. The fourth-order valence-corrected chi connectivity index (χ4v) is 2.73. The number of rotatable bonds is 6. The van der Waals surface area contributed by atoms with E-state index in [0.29, 0.717) is 16.5 Å². The Bertz CT molecular complexity index is 1070. The summed E-state index contributed by atoms with van der Waals surface area (Å²) in [6.07, 6.45) is 3.62. The molecule has 2 N–H and O–H groups in total. The molecule has 0 saturated carbocycles. The first-order valence-corrected chi connectivity index (χ1v) is 8.84. The van der Waals surface area contributed by atoms with Crippen LogP contribution in [0.15, 0.2) is 65.5 Å². The molecule has 0 aliphatic rings. The van der Waals surface area contributed by atoms with E-state index in [1.165, 1.54) is 10.7 Å². The molecular formula is C21H18ClN3O3. The molecule has 0 saturated heterocycles. The number of amides is 1. The van der Waals surface area contributed by atoms with Crippen molar-refractivity contribution in [1.29, 1.82) is 0 Å². The Balaban J connectivity index is 1.94. The highest BCUT2D eigenvalue weighted by Gasteiger charge is 2.13. The van der Waals surface area contributed by atoms with Crippen LogP contribution >= 0.6 is 11.6 Å². The predicted octanol–water partition coefficient (Wildman–Crippen LogP) is 3.38. The summed E-state index contributed by atoms with van der Waals surface area (Å²) >= 11 is 5.87. The van der Waals surface area contributed by atoms with Gasteiger partial charge in [0.1, 0.15) is 11.3 Å². The van der Waals surface area contributed by atoms with Crippen molar-refractivity contribution in [2.24, 2.45) is 5.73 Å². The lowest BCUT2D eigenvalue weighted by molar-refractivity contribution is 0.0998. The van der Waals surface area contributed by atoms with E-state index in [1.807, 2.05) is 18.2 Å². The maximum atomic E-state index is 12.5. The van der Waals surface area contributed by atoms with E-state index in [1.54, 1.807) is 49.6 Å². The van der Waals surface area contributed by atoms with Crippen LogP contribution in [0, 0.1) is 0 Å². The van der Waals surface area contributed by atoms with Gasteiger partial charge in [-0.05, 0) is 48.0 Å². The zero-order chi connectivity index (χ0) is 20.1. The molecule has 0 aliphatic carbocycles. The van der Waals surface area contributed by atoms with E-state index >= 15 is 0 Å². The highest BCUT2D eigenvalue weighted by molar-refractivity contribution is 6.30. The molecule has 3 rings (SSSR count). The summed E-state index contributed by atoms with van der Waals surface area (Å²) in [4.78, 5) is 24.2. The monoisotopic (exact) mass is 395 g/mol. The Morgan fingerprint density at radius 2 is 1.86 bits per heavy atom. The lowest BCUT2D eigenvalue weighted by Gasteiger charge is -2.08. The number of benzene rings is 2. The Hall–Kier alpha value is -3.38. The summed E-state index contributed by atoms with van der Waals surface area (Å²) in [5.74, 6) is -0.101. The third-order valence-corrected chi connectivity index (χ3v) is 4.34. The Morgan fingerprint density at radius 1 is 1.18 bits per heavy atom. The van der Waals surface area contributed by atoms with Gasteiger partial charge < -0.3 is 10.5 Å². The molecule has 0 bridgehead atoms. The molecule has 6 nitrogen and oxygen atoms in total. The van der Waals surface area contributed by atoms with Crippen molar-refractivity contribution in [2.45, 2.75) is 6.54 Å². The van der Waals surface area contributed by atoms with Crippen LogP contribution in [0.25, 0.3) is 17.3 Å². The van der Waals surface area contributed by atoms with Crippen molar-refractivity contribution in [3.05, 3.63) is 87.2 Å². The quantitative estimate of drug-likeness (QED) is 0.693. The smallest absolute Gasteiger partial charge is 0.279 e. The fourth-order valence-electron chi connectivity index (χ4n) is 2.61. The summed E-state index contributed by atoms with van der Waals surface area (Å²) in [6.45, 7) is 0.186. The number of ether oxygens (including phenoxy) is 1. The van der Waals surface area contributed by atoms with Crippen LogP contribution in [0.4, 0.5) is 0 Å². The van der Waals surface area contributed by atoms with Crippen LogP contribution in [0.3, 0.4) is 0 Å². The maximum absolute atomic E-state index is 12.5. The second-order valence-corrected chi connectivity index (χ2v) is 6.41. The van der Waals surface area contributed by atoms with E-state index in [-0.39, 0.29) is 12.1 Å². The topological polar surface area (TPSA) is 87.2 Å². The molecule has 0 fully saturated rings. The van der Waals surface area contributed by atoms with E-state index in [4.69, 9.17) is 22.1 Å². The summed E-state index contributed by atoms with van der Waals surface area (Å²) < 4.78 is 6.36. The molecule has 0 atom stereocenters. The maximum Gasteiger partial charge on any atom is 0.279 e. The number of nitrogens with two attached hydrogens (primary N) is 1. The molecule has 0 radical (unpaired) electrons. The molecule has 2 aromatic carbocycles. The van der Waals surface area contributed by atoms with Gasteiger partial charge in [0.15, 0.2) is 0 Å². The van der Waals surface area contributed by atoms with Crippen LogP contribution in [-0.2, 0) is 6.54 Å². The Morgan fingerprint density at radius 3 is 2.46 bits per heavy atom. The number of halogens is 1. The molecule has 3 aromatic rings. The first kappa shape index (κ1) is 19.4. The molecule has 28 heavy (non-hydrogen) atoms. The second-order valence-electron chi connectivity index (χ2n) is 5.98. The van der Waals surface area contributed by atoms with Crippen LogP contribution in [-0.4, -0.2) is 22.8 Å². The number of allylic oxidation sites excluding steroid dienone is 1. The van der Waals surface area contributed by atoms with Crippen LogP contribution < -0.4 is 16.0 Å². The number of hydrogen-bond acceptors (Lipinski definition) is 4. The minimum atomic E-state index is -0.794. The minimum Gasteiger partial charge on any atom is -0.497 e. The van der Waals surface area contributed by atoms with E-state index in [0.717, 1.165) is 11.1 Å². The minimum absolute atomic E-state index is 0.110. The number of nitrogens with zero attached hydrogens (tertiary/aromatic N) is 2. The molecular weight excluding hydrogens is 378 g/mol. The number of hydrogen-bond donors (Lipinski definition) is 1. The van der Waals surface area contributed by atoms with Gasteiger partial charge in [0, 0.05) is 10.6 Å². The van der Waals surface area contributed by atoms with E-state index < -0.39 is 11.5 Å². The number of carbonyl (C=O) groups excluding carboxylic acids is 1. The van der Waals surface area contributed by atoms with Crippen molar-refractivity contribution in [1.82, 2.24) is 9.78 Å². The highest BCUT2D eigenvalue weighted by atomic mass is 35.5. The van der Waals surface area contributed by atoms with E-state index in [2.05, 4.69) is 5.10 Å². The van der Waals surface area contributed by atoms with Gasteiger partial charge in [-0.1, -0.05) is 35.9 Å². The molecule has 142 valence electrons. The van der Waals surface area contributed by atoms with E-state index in [9.17, 15) is 9.59 Å². The summed E-state index contributed by atoms with van der Waals surface area (Å²) in [6, 6.07) is 15.8. The molecule has 0 aliphatic heterocycles. The second kappa shape index (κ2) is 8.54. The van der Waals surface area contributed by atoms with Crippen LogP contribution in [0.5, 0.6) is 5.75 Å². The van der Waals surface area contributed by atoms with Gasteiger partial charge in [-0.2, -0.15) is 5.10 Å². The number of methoxy groups -OCH3 is 1. The van der Waals surface area contributed by atoms with Gasteiger partial charge in [-0.15, -0.1) is 0 Å². The molecule has 1 aromatic heterocycles. The van der Waals surface area contributed by atoms with Crippen molar-refractivity contribution in [2.75, 3.05) is 7.11 Å². The van der Waals surface area contributed by atoms with Gasteiger partial charge in [-0.25, -0.2) is 4.68 Å². The third-order valence-electron chi connectivity index (χ3n) is 4.08. The van der Waals surface area contributed by atoms with Gasteiger partial charge in [0.2, 0.25) is 0 Å². The summed E-state index contributed by atoms with van der Waals surface area (Å²) in [7, 11) is 1.58. The standard InChI is InChI=1S/C21H18ClN3O3/c1-28-17-10-6-15(7-11-17)19-13-18(20(23)26)21(27)25(24-19)12-2-3-14-4-8-16(22)9-5-14/h2-11,13H,12H2,1H3,(H2,23,26)/b3-2+. The van der Waals surface area contributed by atoms with Gasteiger partial charge in [0.05, 0.1) is 19.3 Å². The van der Waals surface area contributed by atoms with Crippen molar-refractivity contribution in [3.63, 3.8) is 0 Å². The SMILES string of the molecule is COc1ccc(-c2cc(C(N)=O)c(=O)n(C/C=C/c3ccc(Cl)cc3)n2)cc1. The lowest BCUT2D eigenvalue weighted by Crippen LogP contribution is -2.31. The highest BCUT2D eigenvalue weighted by Crippen LogP contribution is 2.20. The molecule has 0 unspecified atom stereocenters. The normalized spacial score (nSPS) is 10.9. The van der Waals surface area contributed by atoms with Gasteiger partial charge in [-0.3, -0.25) is 9.59 Å². The predicted molar refractivity (Wildman–Crippen MR) is 109 cm³/mol. The zero-order valence-corrected chi connectivity index (χ0v) is 15.9. The van der Waals surface area contributed by atoms with Crippen molar-refractivity contribution < 1.29 is 9.53 Å². The zero-order valence-electron chi connectivity index (χ0n) is 15.1. The molecule has 7 heteroatoms. The largest absolute Gasteiger partial charge is 0.497 e. The summed E-state index contributed by atoms with van der Waals surface area (Å²) in [5, 5.41) is 5.02. The average molecular weight is 396 g/mol. The summed E-state index contributed by atoms with van der Waals surface area (Å²) in [5.41, 5.74) is 6.87. The van der Waals surface area contributed by atoms with Crippen molar-refractivity contribution in [3.8, 4) is 17.0 Å². The Labute approximate surface area is 166 Å². The first-order valence-electron chi connectivity index (χ1n) is 8.46.